The van der Waals surface area contributed by atoms with Crippen LogP contribution in [-0.4, -0.2) is 69.6 Å². The van der Waals surface area contributed by atoms with Crippen LogP contribution in [0.25, 0.3) is 0 Å². The molecule has 2 aromatic heterocycles. The summed E-state index contributed by atoms with van der Waals surface area (Å²) < 4.78 is 37.7. The Balaban J connectivity index is 2.14. The van der Waals surface area contributed by atoms with Crippen molar-refractivity contribution in [3.05, 3.63) is 41.5 Å². The molecular formula is C18H18N8O7S. The Morgan fingerprint density at radius 1 is 0.882 bits per heavy atom. The van der Waals surface area contributed by atoms with Crippen LogP contribution in [0.2, 0.25) is 0 Å². The lowest BCUT2D eigenvalue weighted by molar-refractivity contribution is 0.0692. The number of rotatable bonds is 7. The van der Waals surface area contributed by atoms with Crippen LogP contribution in [0.5, 0.6) is 12.0 Å². The lowest BCUT2D eigenvalue weighted by Gasteiger charge is -2.20. The van der Waals surface area contributed by atoms with Gasteiger partial charge in [-0.25, -0.2) is 22.7 Å². The van der Waals surface area contributed by atoms with Crippen molar-refractivity contribution in [3.8, 4) is 12.0 Å². The van der Waals surface area contributed by atoms with E-state index < -0.39 is 32.5 Å². The fourth-order valence-corrected chi connectivity index (χ4v) is 3.77. The number of amides is 2. The number of anilines is 2. The maximum atomic E-state index is 13.2. The number of carboxylic acid groups (broad SMARTS) is 1. The van der Waals surface area contributed by atoms with Crippen LogP contribution in [0.1, 0.15) is 22.0 Å². The third-order valence-electron chi connectivity index (χ3n) is 4.03. The molecule has 0 unspecified atom stereocenters. The predicted molar refractivity (Wildman–Crippen MR) is 113 cm³/mol. The molecule has 3 rings (SSSR count). The molecule has 15 nitrogen and oxygen atoms in total. The van der Waals surface area contributed by atoms with Gasteiger partial charge < -0.3 is 14.6 Å². The highest BCUT2D eigenvalue weighted by Gasteiger charge is 2.31. The smallest absolute Gasteiger partial charge is 0.345 e. The van der Waals surface area contributed by atoms with Gasteiger partial charge in [-0.2, -0.15) is 34.8 Å². The number of aromatic nitrogens is 6. The summed E-state index contributed by atoms with van der Waals surface area (Å²) in [6.07, 6.45) is 0. The highest BCUT2D eigenvalue weighted by Crippen LogP contribution is 2.23. The second-order valence-corrected chi connectivity index (χ2v) is 8.04. The number of methoxy groups -OCH3 is 2. The molecule has 2 heterocycles. The topological polar surface area (TPSA) is 200 Å². The number of urea groups is 1. The summed E-state index contributed by atoms with van der Waals surface area (Å²) in [6.45, 7) is 2.98. The molecule has 2 amide bonds. The van der Waals surface area contributed by atoms with Crippen molar-refractivity contribution in [3.63, 3.8) is 0 Å². The number of hydrogen-bond acceptors (Lipinski definition) is 12. The van der Waals surface area contributed by atoms with Gasteiger partial charge in [-0.1, -0.05) is 12.1 Å². The van der Waals surface area contributed by atoms with Gasteiger partial charge in [0, 0.05) is 0 Å². The summed E-state index contributed by atoms with van der Waals surface area (Å²) in [6, 6.07) is 3.12. The first-order valence-corrected chi connectivity index (χ1v) is 10.8. The van der Waals surface area contributed by atoms with E-state index in [0.29, 0.717) is 4.90 Å². The van der Waals surface area contributed by atoms with Crippen molar-refractivity contribution < 1.29 is 32.6 Å². The summed E-state index contributed by atoms with van der Waals surface area (Å²) in [5, 5.41) is 9.34. The van der Waals surface area contributed by atoms with E-state index in [-0.39, 0.29) is 35.6 Å². The zero-order valence-corrected chi connectivity index (χ0v) is 19.1. The number of aromatic carboxylic acids is 1. The molecule has 0 aliphatic heterocycles. The van der Waals surface area contributed by atoms with Crippen molar-refractivity contribution in [2.75, 3.05) is 19.1 Å². The number of carbonyl (C=O) groups is 2. The largest absolute Gasteiger partial charge is 0.478 e. The molecule has 0 atom stereocenters. The Bertz CT molecular complexity index is 1310. The van der Waals surface area contributed by atoms with Gasteiger partial charge in [0.1, 0.15) is 16.5 Å². The van der Waals surface area contributed by atoms with Gasteiger partial charge in [0.05, 0.1) is 19.8 Å². The lowest BCUT2D eigenvalue weighted by Crippen LogP contribution is -2.42. The van der Waals surface area contributed by atoms with Crippen LogP contribution in [-0.2, 0) is 10.0 Å². The number of ether oxygens (including phenoxy) is 2. The standard InChI is InChI=1S/C18H18N8O7S/c1-9-19-14(23-16(21-9)32-3)26(15-20-10(2)22-17(24-15)33-4)18(29)25-34(30,31)12-8-6-5-7-11(12)13(27)28/h5-8H,1-4H3,(H,25,29)(H,27,28). The number of carboxylic acids is 1. The number of hydrogen-bond donors (Lipinski definition) is 2. The predicted octanol–water partition coefficient (Wildman–Crippen LogP) is 0.625. The quantitative estimate of drug-likeness (QED) is 0.467. The molecule has 34 heavy (non-hydrogen) atoms. The number of nitrogens with zero attached hydrogens (tertiary/aromatic N) is 7. The van der Waals surface area contributed by atoms with Gasteiger partial charge >= 0.3 is 24.0 Å². The maximum absolute atomic E-state index is 13.2. The van der Waals surface area contributed by atoms with E-state index in [1.165, 1.54) is 40.2 Å². The van der Waals surface area contributed by atoms with Crippen molar-refractivity contribution in [1.29, 1.82) is 0 Å². The monoisotopic (exact) mass is 490 g/mol. The molecule has 0 spiro atoms. The van der Waals surface area contributed by atoms with Crippen LogP contribution in [0.3, 0.4) is 0 Å². The Morgan fingerprint density at radius 2 is 1.38 bits per heavy atom. The van der Waals surface area contributed by atoms with Gasteiger partial charge in [0.15, 0.2) is 0 Å². The minimum atomic E-state index is -4.67. The molecule has 0 saturated carbocycles. The summed E-state index contributed by atoms with van der Waals surface area (Å²) in [7, 11) is -2.11. The highest BCUT2D eigenvalue weighted by atomic mass is 32.2. The molecule has 0 saturated heterocycles. The molecule has 1 aromatic carbocycles. The number of sulfonamides is 1. The van der Waals surface area contributed by atoms with Crippen LogP contribution >= 0.6 is 0 Å². The number of benzene rings is 1. The second kappa shape index (κ2) is 9.57. The zero-order valence-electron chi connectivity index (χ0n) is 18.2. The maximum Gasteiger partial charge on any atom is 0.345 e. The summed E-state index contributed by atoms with van der Waals surface area (Å²) in [4.78, 5) is 48.6. The van der Waals surface area contributed by atoms with E-state index in [0.717, 1.165) is 12.1 Å². The third kappa shape index (κ3) is 5.12. The molecule has 16 heteroatoms. The first kappa shape index (κ1) is 24.2. The minimum absolute atomic E-state index is 0.136. The normalized spacial score (nSPS) is 10.9. The van der Waals surface area contributed by atoms with E-state index in [1.807, 2.05) is 0 Å². The Kier molecular flexibility index (Phi) is 6.81. The van der Waals surface area contributed by atoms with Gasteiger partial charge in [0.2, 0.25) is 11.9 Å². The van der Waals surface area contributed by atoms with Crippen LogP contribution in [0.4, 0.5) is 16.7 Å². The first-order chi connectivity index (χ1) is 16.1. The molecule has 0 radical (unpaired) electrons. The Morgan fingerprint density at radius 3 is 1.85 bits per heavy atom. The number of aryl methyl sites for hydroxylation is 2. The van der Waals surface area contributed by atoms with Gasteiger partial charge in [0.25, 0.3) is 10.0 Å². The van der Waals surface area contributed by atoms with Crippen molar-refractivity contribution in [2.45, 2.75) is 18.7 Å². The second-order valence-electron chi connectivity index (χ2n) is 6.39. The molecule has 0 bridgehead atoms. The third-order valence-corrected chi connectivity index (χ3v) is 5.41. The molecule has 0 aliphatic carbocycles. The van der Waals surface area contributed by atoms with Gasteiger partial charge in [-0.05, 0) is 26.0 Å². The number of nitrogens with one attached hydrogen (secondary N) is 1. The number of carbonyl (C=O) groups excluding carboxylic acids is 1. The van der Waals surface area contributed by atoms with E-state index in [1.54, 1.807) is 4.72 Å². The van der Waals surface area contributed by atoms with Crippen LogP contribution < -0.4 is 19.1 Å². The molecule has 178 valence electrons. The summed E-state index contributed by atoms with van der Waals surface area (Å²) >= 11 is 0. The van der Waals surface area contributed by atoms with E-state index in [9.17, 15) is 23.1 Å². The fraction of sp³-hybridized carbons (Fsp3) is 0.222. The van der Waals surface area contributed by atoms with E-state index in [2.05, 4.69) is 29.9 Å². The van der Waals surface area contributed by atoms with Crippen LogP contribution in [0, 0.1) is 13.8 Å². The van der Waals surface area contributed by atoms with Crippen molar-refractivity contribution >= 4 is 33.9 Å². The van der Waals surface area contributed by atoms with E-state index in [4.69, 9.17) is 9.47 Å². The minimum Gasteiger partial charge on any atom is -0.478 e. The van der Waals surface area contributed by atoms with Crippen molar-refractivity contribution in [1.82, 2.24) is 34.6 Å². The summed E-state index contributed by atoms with van der Waals surface area (Å²) in [5.41, 5.74) is -0.537. The molecular weight excluding hydrogens is 472 g/mol. The van der Waals surface area contributed by atoms with Gasteiger partial charge in [-0.15, -0.1) is 0 Å². The first-order valence-electron chi connectivity index (χ1n) is 9.28. The van der Waals surface area contributed by atoms with Gasteiger partial charge in [-0.3, -0.25) is 0 Å². The SMILES string of the molecule is COc1nc(C)nc(N(C(=O)NS(=O)(=O)c2ccccc2C(=O)O)c2nc(C)nc(OC)n2)n1. The molecule has 0 aliphatic rings. The molecule has 2 N–H and O–H groups in total. The summed E-state index contributed by atoms with van der Waals surface area (Å²) in [5.74, 6) is -1.98. The average molecular weight is 490 g/mol. The zero-order chi connectivity index (χ0) is 25.0. The highest BCUT2D eigenvalue weighted by molar-refractivity contribution is 7.90. The average Bonchev–Trinajstić information content (AvgIpc) is 2.78. The van der Waals surface area contributed by atoms with Crippen LogP contribution in [0.15, 0.2) is 29.2 Å². The van der Waals surface area contributed by atoms with Crippen molar-refractivity contribution in [2.24, 2.45) is 0 Å². The Labute approximate surface area is 192 Å². The molecule has 0 fully saturated rings. The lowest BCUT2D eigenvalue weighted by atomic mass is 10.2. The van der Waals surface area contributed by atoms with E-state index >= 15 is 0 Å². The molecule has 3 aromatic rings. The Hall–Kier alpha value is -4.47. The fourth-order valence-electron chi connectivity index (χ4n) is 2.63.